The predicted octanol–water partition coefficient (Wildman–Crippen LogP) is 4.21. The van der Waals surface area contributed by atoms with Crippen LogP contribution in [0, 0.1) is 5.82 Å². The van der Waals surface area contributed by atoms with Gasteiger partial charge in [0.15, 0.2) is 0 Å². The van der Waals surface area contributed by atoms with Crippen molar-refractivity contribution in [1.29, 1.82) is 0 Å². The van der Waals surface area contributed by atoms with Gasteiger partial charge >= 0.3 is 0 Å². The number of piperidine rings is 1. The van der Waals surface area contributed by atoms with E-state index < -0.39 is 0 Å². The van der Waals surface area contributed by atoms with Crippen LogP contribution >= 0.6 is 24.0 Å². The van der Waals surface area contributed by atoms with E-state index in [1.165, 1.54) is 6.07 Å². The summed E-state index contributed by atoms with van der Waals surface area (Å²) in [5.74, 6) is -0.289. The Kier molecular flexibility index (Phi) is 8.94. The van der Waals surface area contributed by atoms with Gasteiger partial charge in [-0.05, 0) is 49.6 Å². The highest BCUT2D eigenvalue weighted by Crippen LogP contribution is 2.32. The molecule has 0 bridgehead atoms. The second-order valence-electron chi connectivity index (χ2n) is 8.37. The number of benzene rings is 2. The average Bonchev–Trinajstić information content (AvgIpc) is 3.16. The molecule has 2 heterocycles. The number of likely N-dealkylation sites (N-methyl/N-ethyl adjacent to an activating group) is 1. The van der Waals surface area contributed by atoms with Gasteiger partial charge in [0.05, 0.1) is 11.1 Å². The smallest absolute Gasteiger partial charge is 0.256 e. The Labute approximate surface area is 209 Å². The van der Waals surface area contributed by atoms with Crippen LogP contribution in [-0.2, 0) is 11.3 Å². The first-order valence-corrected chi connectivity index (χ1v) is 11.6. The van der Waals surface area contributed by atoms with E-state index in [1.54, 1.807) is 29.0 Å². The average molecular weight is 507 g/mol. The standard InChI is InChI=1S/C25H28ClFN4O2.ClH/c1-28-10-11-29-24(32)16-31-15-21(20-7-6-18(26)14-23(20)31)25(33)30-12-8-17(9-13-30)19-4-2-3-5-22(19)27;/h2-7,14-15,17,28H,8-13,16H2,1H3,(H,29,32);1H. The Balaban J connectivity index is 0.00000324. The lowest BCUT2D eigenvalue weighted by Gasteiger charge is -2.32. The number of fused-ring (bicyclic) bond motifs is 1. The summed E-state index contributed by atoms with van der Waals surface area (Å²) in [6.45, 7) is 2.42. The van der Waals surface area contributed by atoms with Crippen LogP contribution in [0.3, 0.4) is 0 Å². The largest absolute Gasteiger partial charge is 0.353 e. The van der Waals surface area contributed by atoms with E-state index in [-0.39, 0.29) is 42.5 Å². The highest BCUT2D eigenvalue weighted by molar-refractivity contribution is 6.31. The number of nitrogens with one attached hydrogen (secondary N) is 2. The molecule has 3 aromatic rings. The molecule has 1 saturated heterocycles. The van der Waals surface area contributed by atoms with Crippen LogP contribution in [0.4, 0.5) is 4.39 Å². The molecule has 2 N–H and O–H groups in total. The van der Waals surface area contributed by atoms with Crippen LogP contribution in [-0.4, -0.2) is 54.5 Å². The van der Waals surface area contributed by atoms with E-state index in [1.807, 2.05) is 30.1 Å². The molecule has 6 nitrogen and oxygen atoms in total. The number of carbonyl (C=O) groups excluding carboxylic acids is 2. The summed E-state index contributed by atoms with van der Waals surface area (Å²) in [5.41, 5.74) is 2.02. The summed E-state index contributed by atoms with van der Waals surface area (Å²) in [6.07, 6.45) is 3.17. The van der Waals surface area contributed by atoms with Gasteiger partial charge < -0.3 is 20.1 Å². The third-order valence-electron chi connectivity index (χ3n) is 6.21. The number of aromatic nitrogens is 1. The van der Waals surface area contributed by atoms with Gasteiger partial charge in [-0.2, -0.15) is 0 Å². The number of nitrogens with zero attached hydrogens (tertiary/aromatic N) is 2. The SMILES string of the molecule is CNCCNC(=O)Cn1cc(C(=O)N2CCC(c3ccccc3F)CC2)c2ccc(Cl)cc21.Cl. The van der Waals surface area contributed by atoms with Gasteiger partial charge in [0.25, 0.3) is 5.91 Å². The minimum absolute atomic E-state index is 0. The monoisotopic (exact) mass is 506 g/mol. The molecule has 1 fully saturated rings. The summed E-state index contributed by atoms with van der Waals surface area (Å²) < 4.78 is 15.9. The lowest BCUT2D eigenvalue weighted by atomic mass is 9.89. The number of hydrogen-bond donors (Lipinski definition) is 2. The quantitative estimate of drug-likeness (QED) is 0.471. The Bertz CT molecular complexity index is 1160. The van der Waals surface area contributed by atoms with Crippen molar-refractivity contribution in [2.75, 3.05) is 33.2 Å². The molecule has 4 rings (SSSR count). The number of carbonyl (C=O) groups is 2. The molecule has 2 aromatic carbocycles. The molecule has 9 heteroatoms. The summed E-state index contributed by atoms with van der Waals surface area (Å²) in [7, 11) is 1.82. The van der Waals surface area contributed by atoms with E-state index in [0.29, 0.717) is 49.6 Å². The van der Waals surface area contributed by atoms with Crippen LogP contribution in [0.1, 0.15) is 34.7 Å². The Morgan fingerprint density at radius 1 is 1.12 bits per heavy atom. The van der Waals surface area contributed by atoms with Gasteiger partial charge in [0.1, 0.15) is 12.4 Å². The number of likely N-dealkylation sites (tertiary alicyclic amines) is 1. The molecule has 1 aliphatic heterocycles. The molecule has 2 amide bonds. The van der Waals surface area contributed by atoms with E-state index >= 15 is 0 Å². The minimum Gasteiger partial charge on any atom is -0.353 e. The van der Waals surface area contributed by atoms with Gasteiger partial charge in [-0.1, -0.05) is 35.9 Å². The first-order chi connectivity index (χ1) is 16.0. The van der Waals surface area contributed by atoms with Crippen molar-refractivity contribution >= 4 is 46.7 Å². The predicted molar refractivity (Wildman–Crippen MR) is 135 cm³/mol. The molecule has 0 saturated carbocycles. The molecule has 182 valence electrons. The molecule has 0 spiro atoms. The maximum Gasteiger partial charge on any atom is 0.256 e. The lowest BCUT2D eigenvalue weighted by Crippen LogP contribution is -2.38. The molecule has 0 unspecified atom stereocenters. The maximum absolute atomic E-state index is 14.2. The zero-order valence-corrected chi connectivity index (χ0v) is 20.6. The first kappa shape index (κ1) is 26.0. The maximum atomic E-state index is 14.2. The highest BCUT2D eigenvalue weighted by atomic mass is 35.5. The second-order valence-corrected chi connectivity index (χ2v) is 8.81. The molecule has 34 heavy (non-hydrogen) atoms. The normalized spacial score (nSPS) is 14.1. The van der Waals surface area contributed by atoms with Crippen molar-refractivity contribution in [3.8, 4) is 0 Å². The Morgan fingerprint density at radius 2 is 1.85 bits per heavy atom. The fourth-order valence-electron chi connectivity index (χ4n) is 4.47. The van der Waals surface area contributed by atoms with Gasteiger partial charge in [-0.3, -0.25) is 9.59 Å². The van der Waals surface area contributed by atoms with Crippen molar-refractivity contribution < 1.29 is 14.0 Å². The summed E-state index contributed by atoms with van der Waals surface area (Å²) >= 11 is 6.21. The van der Waals surface area contributed by atoms with E-state index in [4.69, 9.17) is 11.6 Å². The van der Waals surface area contributed by atoms with Crippen LogP contribution in [0.5, 0.6) is 0 Å². The second kappa shape index (κ2) is 11.7. The number of hydrogen-bond acceptors (Lipinski definition) is 3. The fourth-order valence-corrected chi connectivity index (χ4v) is 4.64. The zero-order valence-electron chi connectivity index (χ0n) is 19.0. The van der Waals surface area contributed by atoms with E-state index in [2.05, 4.69) is 10.6 Å². The fraction of sp³-hybridized carbons (Fsp3) is 0.360. The summed E-state index contributed by atoms with van der Waals surface area (Å²) in [4.78, 5) is 27.6. The number of halogens is 3. The van der Waals surface area contributed by atoms with Gasteiger partial charge in [-0.25, -0.2) is 4.39 Å². The Morgan fingerprint density at radius 3 is 2.56 bits per heavy atom. The van der Waals surface area contributed by atoms with Crippen molar-refractivity contribution in [2.24, 2.45) is 0 Å². The molecular formula is C25H29Cl2FN4O2. The third-order valence-corrected chi connectivity index (χ3v) is 6.45. The minimum atomic E-state index is -0.185. The highest BCUT2D eigenvalue weighted by Gasteiger charge is 2.28. The van der Waals surface area contributed by atoms with Crippen LogP contribution in [0.15, 0.2) is 48.7 Å². The lowest BCUT2D eigenvalue weighted by molar-refractivity contribution is -0.121. The van der Waals surface area contributed by atoms with E-state index in [0.717, 1.165) is 16.5 Å². The van der Waals surface area contributed by atoms with Gasteiger partial charge in [-0.15, -0.1) is 12.4 Å². The van der Waals surface area contributed by atoms with Crippen LogP contribution < -0.4 is 10.6 Å². The summed E-state index contributed by atoms with van der Waals surface area (Å²) in [5, 5.41) is 7.15. The van der Waals surface area contributed by atoms with Crippen molar-refractivity contribution in [3.05, 3.63) is 70.6 Å². The molecule has 0 radical (unpaired) electrons. The zero-order chi connectivity index (χ0) is 23.4. The van der Waals surface area contributed by atoms with E-state index in [9.17, 15) is 14.0 Å². The molecular weight excluding hydrogens is 478 g/mol. The Hall–Kier alpha value is -2.61. The first-order valence-electron chi connectivity index (χ1n) is 11.2. The topological polar surface area (TPSA) is 66.4 Å². The van der Waals surface area contributed by atoms with Crippen molar-refractivity contribution in [2.45, 2.75) is 25.3 Å². The summed E-state index contributed by atoms with van der Waals surface area (Å²) in [6, 6.07) is 12.2. The van der Waals surface area contributed by atoms with Gasteiger partial charge in [0.2, 0.25) is 5.91 Å². The molecule has 1 aromatic heterocycles. The van der Waals surface area contributed by atoms with Crippen molar-refractivity contribution in [1.82, 2.24) is 20.1 Å². The van der Waals surface area contributed by atoms with Crippen LogP contribution in [0.2, 0.25) is 5.02 Å². The van der Waals surface area contributed by atoms with Crippen molar-refractivity contribution in [3.63, 3.8) is 0 Å². The molecule has 0 atom stereocenters. The number of amides is 2. The molecule has 0 aliphatic carbocycles. The van der Waals surface area contributed by atoms with Crippen LogP contribution in [0.25, 0.3) is 10.9 Å². The van der Waals surface area contributed by atoms with Gasteiger partial charge in [0, 0.05) is 42.8 Å². The molecule has 1 aliphatic rings. The third kappa shape index (κ3) is 5.71. The number of rotatable bonds is 7.